The van der Waals surface area contributed by atoms with Gasteiger partial charge in [0.1, 0.15) is 5.75 Å². The molecule has 0 saturated carbocycles. The average molecular weight is 351 g/mol. The van der Waals surface area contributed by atoms with Crippen LogP contribution in [-0.4, -0.2) is 17.6 Å². The number of hydrazine groups is 1. The van der Waals surface area contributed by atoms with Gasteiger partial charge in [-0.2, -0.15) is 0 Å². The van der Waals surface area contributed by atoms with Crippen LogP contribution in [0.4, 0.5) is 0 Å². The molecule has 5 heteroatoms. The number of amides is 1. The molecule has 0 bridgehead atoms. The van der Waals surface area contributed by atoms with Gasteiger partial charge < -0.3 is 9.30 Å². The zero-order chi connectivity index (χ0) is 18.7. The number of hydrogen-bond acceptors (Lipinski definition) is 3. The van der Waals surface area contributed by atoms with Gasteiger partial charge >= 0.3 is 0 Å². The number of fused-ring (bicyclic) bond motifs is 1. The molecular weight excluding hydrogens is 326 g/mol. The van der Waals surface area contributed by atoms with E-state index in [9.17, 15) is 4.79 Å². The summed E-state index contributed by atoms with van der Waals surface area (Å²) in [5.74, 6) is 5.74. The third-order valence-corrected chi connectivity index (χ3v) is 4.98. The number of ether oxygens (including phenoxy) is 1. The van der Waals surface area contributed by atoms with Gasteiger partial charge in [0.05, 0.1) is 13.0 Å². The van der Waals surface area contributed by atoms with Crippen molar-refractivity contribution in [3.05, 3.63) is 65.4 Å². The van der Waals surface area contributed by atoms with Gasteiger partial charge in [0.15, 0.2) is 0 Å². The maximum atomic E-state index is 12.4. The third-order valence-electron chi connectivity index (χ3n) is 4.98. The summed E-state index contributed by atoms with van der Waals surface area (Å²) in [5.41, 5.74) is 6.71. The highest BCUT2D eigenvalue weighted by Gasteiger charge is 2.26. The summed E-state index contributed by atoms with van der Waals surface area (Å²) in [6.07, 6.45) is 0.672. The van der Waals surface area contributed by atoms with Crippen LogP contribution in [0.25, 0.3) is 10.9 Å². The number of benzene rings is 2. The van der Waals surface area contributed by atoms with Gasteiger partial charge in [-0.1, -0.05) is 37.3 Å². The van der Waals surface area contributed by atoms with Crippen molar-refractivity contribution in [1.82, 2.24) is 9.99 Å². The van der Waals surface area contributed by atoms with Crippen LogP contribution in [0.5, 0.6) is 5.75 Å². The molecule has 0 spiro atoms. The number of carbonyl (C=O) groups is 1. The summed E-state index contributed by atoms with van der Waals surface area (Å²) in [4.78, 5) is 12.4. The molecule has 0 aliphatic rings. The molecule has 1 amide bonds. The first-order valence-corrected chi connectivity index (χ1v) is 8.81. The maximum absolute atomic E-state index is 12.4. The first-order valence-electron chi connectivity index (χ1n) is 8.81. The van der Waals surface area contributed by atoms with Gasteiger partial charge in [-0.3, -0.25) is 10.2 Å². The highest BCUT2D eigenvalue weighted by molar-refractivity contribution is 5.94. The Labute approximate surface area is 153 Å². The van der Waals surface area contributed by atoms with Crippen LogP contribution < -0.4 is 16.0 Å². The number of carbonyl (C=O) groups excluding carboxylic acids is 1. The van der Waals surface area contributed by atoms with Crippen LogP contribution >= 0.6 is 0 Å². The molecule has 0 radical (unpaired) electrons. The third kappa shape index (κ3) is 3.18. The van der Waals surface area contributed by atoms with Gasteiger partial charge in [0.25, 0.3) is 0 Å². The average Bonchev–Trinajstić information content (AvgIpc) is 2.94. The predicted molar refractivity (Wildman–Crippen MR) is 104 cm³/mol. The van der Waals surface area contributed by atoms with Crippen LogP contribution in [0.2, 0.25) is 0 Å². The van der Waals surface area contributed by atoms with E-state index in [1.807, 2.05) is 37.3 Å². The molecule has 136 valence electrons. The van der Waals surface area contributed by atoms with Crippen LogP contribution in [0.1, 0.15) is 36.1 Å². The Morgan fingerprint density at radius 1 is 1.23 bits per heavy atom. The van der Waals surface area contributed by atoms with Gasteiger partial charge in [-0.25, -0.2) is 5.84 Å². The van der Waals surface area contributed by atoms with E-state index in [0.717, 1.165) is 34.5 Å². The van der Waals surface area contributed by atoms with Gasteiger partial charge in [0.2, 0.25) is 5.91 Å². The van der Waals surface area contributed by atoms with Gasteiger partial charge in [0, 0.05) is 23.1 Å². The molecule has 1 aromatic heterocycles. The quantitative estimate of drug-likeness (QED) is 0.406. The second kappa shape index (κ2) is 7.62. The van der Waals surface area contributed by atoms with Crippen molar-refractivity contribution < 1.29 is 9.53 Å². The predicted octanol–water partition coefficient (Wildman–Crippen LogP) is 3.49. The molecule has 2 aromatic carbocycles. The SMILES string of the molecule is CCC(C(=O)NN)c1c(C)n(Cc2ccccc2)c2ccc(OC)cc12. The second-order valence-electron chi connectivity index (χ2n) is 6.42. The van der Waals surface area contributed by atoms with Crippen molar-refractivity contribution in [1.29, 1.82) is 0 Å². The first kappa shape index (κ1) is 18.0. The number of nitrogens with zero attached hydrogens (tertiary/aromatic N) is 1. The normalized spacial score (nSPS) is 12.2. The molecule has 3 N–H and O–H groups in total. The molecule has 1 atom stereocenters. The Bertz CT molecular complexity index is 916. The van der Waals surface area contributed by atoms with E-state index in [0.29, 0.717) is 6.42 Å². The fraction of sp³-hybridized carbons (Fsp3) is 0.286. The number of aromatic nitrogens is 1. The second-order valence-corrected chi connectivity index (χ2v) is 6.42. The molecule has 3 aromatic rings. The van der Waals surface area contributed by atoms with Crippen molar-refractivity contribution in [2.45, 2.75) is 32.7 Å². The molecule has 0 aliphatic heterocycles. The van der Waals surface area contributed by atoms with Crippen LogP contribution in [-0.2, 0) is 11.3 Å². The van der Waals surface area contributed by atoms with Crippen molar-refractivity contribution in [2.75, 3.05) is 7.11 Å². The van der Waals surface area contributed by atoms with Crippen LogP contribution in [0.3, 0.4) is 0 Å². The minimum absolute atomic E-state index is 0.169. The lowest BCUT2D eigenvalue weighted by Gasteiger charge is -2.15. The largest absolute Gasteiger partial charge is 0.497 e. The van der Waals surface area contributed by atoms with E-state index in [1.165, 1.54) is 5.56 Å². The first-order chi connectivity index (χ1) is 12.6. The Morgan fingerprint density at radius 3 is 2.58 bits per heavy atom. The van der Waals surface area contributed by atoms with E-state index in [1.54, 1.807) is 7.11 Å². The lowest BCUT2D eigenvalue weighted by atomic mass is 9.93. The Balaban J connectivity index is 2.22. The number of nitrogens with two attached hydrogens (primary N) is 1. The zero-order valence-electron chi connectivity index (χ0n) is 15.5. The Morgan fingerprint density at radius 2 is 1.96 bits per heavy atom. The molecule has 0 saturated heterocycles. The summed E-state index contributed by atoms with van der Waals surface area (Å²) < 4.78 is 7.67. The van der Waals surface area contributed by atoms with Crippen molar-refractivity contribution >= 4 is 16.8 Å². The summed E-state index contributed by atoms with van der Waals surface area (Å²) in [7, 11) is 1.65. The van der Waals surface area contributed by atoms with Crippen LogP contribution in [0.15, 0.2) is 48.5 Å². The molecule has 1 unspecified atom stereocenters. The number of nitrogens with one attached hydrogen (secondary N) is 1. The van der Waals surface area contributed by atoms with Crippen LogP contribution in [0, 0.1) is 6.92 Å². The van der Waals surface area contributed by atoms with Crippen molar-refractivity contribution in [3.8, 4) is 5.75 Å². The fourth-order valence-electron chi connectivity index (χ4n) is 3.65. The lowest BCUT2D eigenvalue weighted by molar-refractivity contribution is -0.122. The Kier molecular flexibility index (Phi) is 5.28. The summed E-state index contributed by atoms with van der Waals surface area (Å²) in [6.45, 7) is 4.81. The maximum Gasteiger partial charge on any atom is 0.241 e. The summed E-state index contributed by atoms with van der Waals surface area (Å²) in [5, 5.41) is 1.04. The topological polar surface area (TPSA) is 69.3 Å². The lowest BCUT2D eigenvalue weighted by Crippen LogP contribution is -2.34. The van der Waals surface area contributed by atoms with E-state index in [2.05, 4.69) is 35.1 Å². The standard InChI is InChI=1S/C21H25N3O2/c1-4-17(21(25)23-22)20-14(2)24(13-15-8-6-5-7-9-15)19-11-10-16(26-3)12-18(19)20/h5-12,17H,4,13,22H2,1-3H3,(H,23,25). The highest BCUT2D eigenvalue weighted by atomic mass is 16.5. The van der Waals surface area contributed by atoms with Gasteiger partial charge in [-0.15, -0.1) is 0 Å². The van der Waals surface area contributed by atoms with Gasteiger partial charge in [-0.05, 0) is 42.7 Å². The minimum Gasteiger partial charge on any atom is -0.497 e. The molecule has 3 rings (SSSR count). The number of rotatable bonds is 6. The molecule has 26 heavy (non-hydrogen) atoms. The monoisotopic (exact) mass is 351 g/mol. The smallest absolute Gasteiger partial charge is 0.241 e. The van der Waals surface area contributed by atoms with E-state index in [-0.39, 0.29) is 11.8 Å². The van der Waals surface area contributed by atoms with E-state index >= 15 is 0 Å². The summed E-state index contributed by atoms with van der Waals surface area (Å²) in [6, 6.07) is 16.3. The molecule has 0 fully saturated rings. The van der Waals surface area contributed by atoms with Crippen molar-refractivity contribution in [2.24, 2.45) is 5.84 Å². The number of methoxy groups -OCH3 is 1. The molecule has 0 aliphatic carbocycles. The fourth-order valence-corrected chi connectivity index (χ4v) is 3.65. The Hall–Kier alpha value is -2.79. The minimum atomic E-state index is -0.299. The highest BCUT2D eigenvalue weighted by Crippen LogP contribution is 2.36. The molecule has 5 nitrogen and oxygen atoms in total. The van der Waals surface area contributed by atoms with E-state index in [4.69, 9.17) is 10.6 Å². The van der Waals surface area contributed by atoms with Crippen molar-refractivity contribution in [3.63, 3.8) is 0 Å². The molecular formula is C21H25N3O2. The van der Waals surface area contributed by atoms with E-state index < -0.39 is 0 Å². The number of hydrogen-bond donors (Lipinski definition) is 2. The summed E-state index contributed by atoms with van der Waals surface area (Å²) >= 11 is 0. The zero-order valence-corrected chi connectivity index (χ0v) is 15.5. The molecule has 1 heterocycles.